The summed E-state index contributed by atoms with van der Waals surface area (Å²) < 4.78 is 10.1. The molecule has 0 aromatic heterocycles. The number of methoxy groups -OCH3 is 1. The van der Waals surface area contributed by atoms with Crippen LogP contribution in [0.2, 0.25) is 0 Å². The molecule has 0 spiro atoms. The van der Waals surface area contributed by atoms with Crippen LogP contribution in [0.15, 0.2) is 24.3 Å². The van der Waals surface area contributed by atoms with Gasteiger partial charge in [-0.1, -0.05) is 12.1 Å². The first-order chi connectivity index (χ1) is 9.08. The Morgan fingerprint density at radius 1 is 1.15 bits per heavy atom. The van der Waals surface area contributed by atoms with Gasteiger partial charge in [-0.25, -0.2) is 4.79 Å². The van der Waals surface area contributed by atoms with E-state index < -0.39 is 24.3 Å². The van der Waals surface area contributed by atoms with Gasteiger partial charge in [-0.3, -0.25) is 0 Å². The molecule has 1 aromatic rings. The van der Waals surface area contributed by atoms with E-state index in [2.05, 4.69) is 4.74 Å². The molecular weight excluding hydrogens is 259 g/mol. The van der Waals surface area contributed by atoms with Crippen LogP contribution in [0.1, 0.15) is 38.1 Å². The first kappa shape index (κ1) is 16.7. The molecule has 20 heavy (non-hydrogen) atoms. The first-order valence-corrected chi connectivity index (χ1v) is 6.35. The lowest BCUT2D eigenvalue weighted by Crippen LogP contribution is -2.53. The van der Waals surface area contributed by atoms with Gasteiger partial charge in [-0.05, 0) is 45.3 Å². The zero-order chi connectivity index (χ0) is 15.6. The van der Waals surface area contributed by atoms with Gasteiger partial charge in [0.1, 0.15) is 0 Å². The fourth-order valence-electron chi connectivity index (χ4n) is 1.39. The van der Waals surface area contributed by atoms with Gasteiger partial charge in [0.05, 0.1) is 23.9 Å². The van der Waals surface area contributed by atoms with E-state index >= 15 is 0 Å². The van der Waals surface area contributed by atoms with E-state index in [4.69, 9.17) is 4.65 Å². The van der Waals surface area contributed by atoms with Crippen LogP contribution < -0.4 is 5.46 Å². The maximum absolute atomic E-state index is 11.3. The lowest BCUT2D eigenvalue weighted by atomic mass is 9.76. The Morgan fingerprint density at radius 2 is 1.65 bits per heavy atom. The smallest absolute Gasteiger partial charge is 0.465 e. The minimum Gasteiger partial charge on any atom is -0.465 e. The molecule has 0 heterocycles. The van der Waals surface area contributed by atoms with Crippen molar-refractivity contribution in [1.82, 2.24) is 0 Å². The Balaban J connectivity index is 2.83. The van der Waals surface area contributed by atoms with Crippen molar-refractivity contribution >= 4 is 18.6 Å². The van der Waals surface area contributed by atoms with Gasteiger partial charge in [0.15, 0.2) is 0 Å². The van der Waals surface area contributed by atoms with Crippen LogP contribution in [0.25, 0.3) is 0 Å². The normalized spacial score (nSPS) is 12.2. The summed E-state index contributed by atoms with van der Waals surface area (Å²) in [5, 5.41) is 20.0. The number of benzene rings is 1. The molecule has 0 atom stereocenters. The van der Waals surface area contributed by atoms with Crippen molar-refractivity contribution in [2.45, 2.75) is 38.9 Å². The Kier molecular flexibility index (Phi) is 4.97. The molecule has 0 saturated carbocycles. The molecule has 0 amide bonds. The molecule has 0 aliphatic carbocycles. The number of rotatable bonds is 5. The summed E-state index contributed by atoms with van der Waals surface area (Å²) in [7, 11) is 0.114. The second kappa shape index (κ2) is 5.95. The molecule has 6 heteroatoms. The van der Waals surface area contributed by atoms with Crippen LogP contribution in [0.5, 0.6) is 0 Å². The molecule has 0 radical (unpaired) electrons. The third-order valence-electron chi connectivity index (χ3n) is 3.50. The van der Waals surface area contributed by atoms with Gasteiger partial charge < -0.3 is 19.5 Å². The third kappa shape index (κ3) is 3.82. The number of carbonyl (C=O) groups excluding carboxylic acids is 1. The highest BCUT2D eigenvalue weighted by atomic mass is 16.5. The Hall–Kier alpha value is -1.37. The zero-order valence-corrected chi connectivity index (χ0v) is 12.5. The molecule has 0 fully saturated rings. The topological polar surface area (TPSA) is 76.0 Å². The summed E-state index contributed by atoms with van der Waals surface area (Å²) in [5.74, 6) is -0.441. The highest BCUT2D eigenvalue weighted by Gasteiger charge is 2.39. The van der Waals surface area contributed by atoms with Gasteiger partial charge in [-0.2, -0.15) is 0 Å². The minimum atomic E-state index is -1.19. The Bertz CT molecular complexity index is 461. The summed E-state index contributed by atoms with van der Waals surface area (Å²) in [6.45, 7) is 6.61. The summed E-state index contributed by atoms with van der Waals surface area (Å²) >= 11 is 0. The van der Waals surface area contributed by atoms with Crippen molar-refractivity contribution in [1.29, 1.82) is 0 Å². The number of carbonyl (C=O) groups is 1. The number of esters is 1. The fourth-order valence-corrected chi connectivity index (χ4v) is 1.39. The number of aliphatic hydroxyl groups is 1. The van der Waals surface area contributed by atoms with E-state index in [1.54, 1.807) is 52.0 Å². The average molecular weight is 280 g/mol. The van der Waals surface area contributed by atoms with Crippen molar-refractivity contribution in [3.8, 4) is 0 Å². The van der Waals surface area contributed by atoms with Crippen molar-refractivity contribution in [3.05, 3.63) is 29.8 Å². The van der Waals surface area contributed by atoms with E-state index in [9.17, 15) is 14.9 Å². The van der Waals surface area contributed by atoms with E-state index in [-0.39, 0.29) is 0 Å². The van der Waals surface area contributed by atoms with Crippen LogP contribution in [0, 0.1) is 0 Å². The minimum absolute atomic E-state index is 0.394. The van der Waals surface area contributed by atoms with Crippen LogP contribution in [-0.4, -0.2) is 41.5 Å². The monoisotopic (exact) mass is 280 g/mol. The maximum atomic E-state index is 11.3. The number of hydrogen-bond donors (Lipinski definition) is 2. The molecule has 1 aromatic carbocycles. The van der Waals surface area contributed by atoms with Crippen molar-refractivity contribution in [2.24, 2.45) is 0 Å². The number of hydrogen-bond acceptors (Lipinski definition) is 5. The summed E-state index contributed by atoms with van der Waals surface area (Å²) in [5.41, 5.74) is -1.16. The summed E-state index contributed by atoms with van der Waals surface area (Å²) in [6, 6.07) is 6.25. The highest BCUT2D eigenvalue weighted by molar-refractivity contribution is 6.60. The molecule has 0 aliphatic rings. The molecule has 110 valence electrons. The molecule has 0 aliphatic heterocycles. The predicted molar refractivity (Wildman–Crippen MR) is 76.9 cm³/mol. The maximum Gasteiger partial charge on any atom is 0.491 e. The van der Waals surface area contributed by atoms with E-state index in [0.29, 0.717) is 11.0 Å². The van der Waals surface area contributed by atoms with Crippen LogP contribution in [-0.2, 0) is 9.39 Å². The van der Waals surface area contributed by atoms with Gasteiger partial charge in [0, 0.05) is 0 Å². The Morgan fingerprint density at radius 3 is 2.05 bits per heavy atom. The van der Waals surface area contributed by atoms with Gasteiger partial charge >= 0.3 is 13.1 Å². The molecule has 5 nitrogen and oxygen atoms in total. The van der Waals surface area contributed by atoms with Gasteiger partial charge in [-0.15, -0.1) is 0 Å². The van der Waals surface area contributed by atoms with Crippen LogP contribution in [0.4, 0.5) is 0 Å². The quantitative estimate of drug-likeness (QED) is 0.614. The largest absolute Gasteiger partial charge is 0.491 e. The standard InChI is InChI=1S/C14H21BO5/c1-13(2,17)14(3,4)20-15(18)11-8-6-10(7-9-11)12(16)19-5/h6-9,17-18H,1-5H3. The predicted octanol–water partition coefficient (Wildman–Crippen LogP) is 0.727. The molecule has 0 bridgehead atoms. The van der Waals surface area contributed by atoms with Gasteiger partial charge in [0.2, 0.25) is 0 Å². The lowest BCUT2D eigenvalue weighted by Gasteiger charge is -2.38. The van der Waals surface area contributed by atoms with E-state index in [0.717, 1.165) is 0 Å². The van der Waals surface area contributed by atoms with E-state index in [1.807, 2.05) is 0 Å². The SMILES string of the molecule is COC(=O)c1ccc(B(O)OC(C)(C)C(C)(C)O)cc1. The molecule has 2 N–H and O–H groups in total. The second-order valence-corrected chi connectivity index (χ2v) is 5.65. The highest BCUT2D eigenvalue weighted by Crippen LogP contribution is 2.25. The molecule has 0 unspecified atom stereocenters. The van der Waals surface area contributed by atoms with Crippen LogP contribution >= 0.6 is 0 Å². The van der Waals surface area contributed by atoms with E-state index in [1.165, 1.54) is 7.11 Å². The molecular formula is C14H21BO5. The summed E-state index contributed by atoms with van der Waals surface area (Å²) in [4.78, 5) is 11.3. The lowest BCUT2D eigenvalue weighted by molar-refractivity contribution is -0.0982. The molecule has 0 saturated heterocycles. The van der Waals surface area contributed by atoms with Gasteiger partial charge in [0.25, 0.3) is 0 Å². The average Bonchev–Trinajstić information content (AvgIpc) is 2.36. The second-order valence-electron chi connectivity index (χ2n) is 5.65. The molecule has 1 rings (SSSR count). The van der Waals surface area contributed by atoms with Crippen molar-refractivity contribution in [2.75, 3.05) is 7.11 Å². The first-order valence-electron chi connectivity index (χ1n) is 6.35. The summed E-state index contributed by atoms with van der Waals surface area (Å²) in [6.07, 6.45) is 0. The fraction of sp³-hybridized carbons (Fsp3) is 0.500. The van der Waals surface area contributed by atoms with Crippen molar-refractivity contribution < 1.29 is 24.3 Å². The van der Waals surface area contributed by atoms with Crippen molar-refractivity contribution in [3.63, 3.8) is 0 Å². The zero-order valence-electron chi connectivity index (χ0n) is 12.5. The van der Waals surface area contributed by atoms with Crippen LogP contribution in [0.3, 0.4) is 0 Å². The Labute approximate surface area is 119 Å². The third-order valence-corrected chi connectivity index (χ3v) is 3.50. The number of ether oxygens (including phenoxy) is 1.